The van der Waals surface area contributed by atoms with Crippen LogP contribution in [0.25, 0.3) is 0 Å². The summed E-state index contributed by atoms with van der Waals surface area (Å²) in [5.41, 5.74) is 3.30. The topological polar surface area (TPSA) is 16.1 Å². The van der Waals surface area contributed by atoms with E-state index in [-0.39, 0.29) is 0 Å². The van der Waals surface area contributed by atoms with Crippen LogP contribution in [-0.2, 0) is 6.54 Å². The Bertz CT molecular complexity index is 269. The van der Waals surface area contributed by atoms with Gasteiger partial charge in [0.1, 0.15) is 0 Å². The molecule has 0 aliphatic carbocycles. The maximum Gasteiger partial charge on any atom is 0.0794 e. The molecule has 0 radical (unpaired) electrons. The van der Waals surface area contributed by atoms with E-state index in [0.29, 0.717) is 0 Å². The molecule has 0 aromatic carbocycles. The van der Waals surface area contributed by atoms with Crippen LogP contribution < -0.4 is 0 Å². The average molecular weight is 194 g/mol. The Balaban J connectivity index is 1.86. The summed E-state index contributed by atoms with van der Waals surface area (Å²) in [7, 11) is 0. The lowest BCUT2D eigenvalue weighted by Crippen LogP contribution is -2.29. The summed E-state index contributed by atoms with van der Waals surface area (Å²) >= 11 is 1.74. The SMILES string of the molecule is C=C1CCN(Cc2cncs2)CC1. The Labute approximate surface area is 82.9 Å². The van der Waals surface area contributed by atoms with E-state index in [1.54, 1.807) is 11.3 Å². The molecule has 0 saturated carbocycles. The molecule has 0 N–H and O–H groups in total. The third kappa shape index (κ3) is 2.39. The van der Waals surface area contributed by atoms with Crippen molar-refractivity contribution in [3.8, 4) is 0 Å². The number of thiazole rings is 1. The van der Waals surface area contributed by atoms with Gasteiger partial charge in [0, 0.05) is 30.7 Å². The maximum atomic E-state index is 4.08. The van der Waals surface area contributed by atoms with E-state index in [1.165, 1.54) is 23.3 Å². The molecule has 0 amide bonds. The Morgan fingerprint density at radius 3 is 2.85 bits per heavy atom. The third-order valence-electron chi connectivity index (χ3n) is 2.43. The van der Waals surface area contributed by atoms with Gasteiger partial charge in [-0.15, -0.1) is 11.3 Å². The minimum absolute atomic E-state index is 1.07. The first-order valence-corrected chi connectivity index (χ1v) is 5.49. The quantitative estimate of drug-likeness (QED) is 0.672. The van der Waals surface area contributed by atoms with Crippen LogP contribution in [0.1, 0.15) is 17.7 Å². The van der Waals surface area contributed by atoms with Gasteiger partial charge >= 0.3 is 0 Å². The predicted molar refractivity (Wildman–Crippen MR) is 55.8 cm³/mol. The largest absolute Gasteiger partial charge is 0.298 e. The fraction of sp³-hybridized carbons (Fsp3) is 0.500. The van der Waals surface area contributed by atoms with Crippen LogP contribution in [0.2, 0.25) is 0 Å². The Morgan fingerprint density at radius 1 is 1.46 bits per heavy atom. The van der Waals surface area contributed by atoms with Crippen molar-refractivity contribution in [3.63, 3.8) is 0 Å². The summed E-state index contributed by atoms with van der Waals surface area (Å²) < 4.78 is 0. The first kappa shape index (κ1) is 8.91. The van der Waals surface area contributed by atoms with Crippen molar-refractivity contribution in [1.82, 2.24) is 9.88 Å². The molecule has 1 saturated heterocycles. The van der Waals surface area contributed by atoms with Crippen LogP contribution in [0.3, 0.4) is 0 Å². The Hall–Kier alpha value is -0.670. The summed E-state index contributed by atoms with van der Waals surface area (Å²) in [6.45, 7) is 7.40. The van der Waals surface area contributed by atoms with Crippen molar-refractivity contribution in [1.29, 1.82) is 0 Å². The molecule has 70 valence electrons. The summed E-state index contributed by atoms with van der Waals surface area (Å²) in [6, 6.07) is 0. The number of hydrogen-bond donors (Lipinski definition) is 0. The van der Waals surface area contributed by atoms with Crippen molar-refractivity contribution in [3.05, 3.63) is 28.7 Å². The average Bonchev–Trinajstić information content (AvgIpc) is 2.62. The molecule has 2 heterocycles. The van der Waals surface area contributed by atoms with Gasteiger partial charge < -0.3 is 0 Å². The zero-order valence-corrected chi connectivity index (χ0v) is 8.52. The summed E-state index contributed by atoms with van der Waals surface area (Å²) in [5, 5.41) is 0. The van der Waals surface area contributed by atoms with E-state index in [0.717, 1.165) is 19.6 Å². The minimum atomic E-state index is 1.07. The summed E-state index contributed by atoms with van der Waals surface area (Å²) in [5.74, 6) is 0. The molecule has 0 bridgehead atoms. The van der Waals surface area contributed by atoms with Crippen molar-refractivity contribution >= 4 is 11.3 Å². The zero-order valence-electron chi connectivity index (χ0n) is 7.70. The number of likely N-dealkylation sites (tertiary alicyclic amines) is 1. The van der Waals surface area contributed by atoms with Crippen LogP contribution >= 0.6 is 11.3 Å². The predicted octanol–water partition coefficient (Wildman–Crippen LogP) is 2.30. The molecule has 0 spiro atoms. The van der Waals surface area contributed by atoms with Gasteiger partial charge in [-0.25, -0.2) is 0 Å². The van der Waals surface area contributed by atoms with Gasteiger partial charge in [-0.05, 0) is 12.8 Å². The summed E-state index contributed by atoms with van der Waals surface area (Å²) in [6.07, 6.45) is 4.30. The van der Waals surface area contributed by atoms with Gasteiger partial charge in [0.15, 0.2) is 0 Å². The first-order valence-electron chi connectivity index (χ1n) is 4.61. The van der Waals surface area contributed by atoms with Crippen molar-refractivity contribution in [2.24, 2.45) is 0 Å². The molecule has 0 atom stereocenters. The van der Waals surface area contributed by atoms with Gasteiger partial charge in [-0.2, -0.15) is 0 Å². The summed E-state index contributed by atoms with van der Waals surface area (Å²) in [4.78, 5) is 7.92. The van der Waals surface area contributed by atoms with Crippen molar-refractivity contribution in [2.75, 3.05) is 13.1 Å². The number of hydrogen-bond acceptors (Lipinski definition) is 3. The van der Waals surface area contributed by atoms with Gasteiger partial charge in [0.25, 0.3) is 0 Å². The molecule has 13 heavy (non-hydrogen) atoms. The Morgan fingerprint density at radius 2 is 2.23 bits per heavy atom. The lowest BCUT2D eigenvalue weighted by molar-refractivity contribution is 0.250. The van der Waals surface area contributed by atoms with E-state index in [1.807, 2.05) is 11.7 Å². The van der Waals surface area contributed by atoms with Crippen LogP contribution in [0.15, 0.2) is 23.9 Å². The lowest BCUT2D eigenvalue weighted by atomic mass is 10.1. The highest BCUT2D eigenvalue weighted by Crippen LogP contribution is 2.17. The number of aromatic nitrogens is 1. The Kier molecular flexibility index (Phi) is 2.76. The molecule has 1 aliphatic rings. The van der Waals surface area contributed by atoms with Crippen LogP contribution in [0.4, 0.5) is 0 Å². The highest BCUT2D eigenvalue weighted by molar-refractivity contribution is 7.09. The monoisotopic (exact) mass is 194 g/mol. The molecule has 1 fully saturated rings. The van der Waals surface area contributed by atoms with E-state index >= 15 is 0 Å². The van der Waals surface area contributed by atoms with Crippen LogP contribution in [0.5, 0.6) is 0 Å². The standard InChI is InChI=1S/C10H14N2S/c1-9-2-4-12(5-3-9)7-10-6-11-8-13-10/h6,8H,1-5,7H2. The molecular formula is C10H14N2S. The number of nitrogens with zero attached hydrogens (tertiary/aromatic N) is 2. The van der Waals surface area contributed by atoms with Gasteiger partial charge in [-0.1, -0.05) is 12.2 Å². The molecule has 0 unspecified atom stereocenters. The maximum absolute atomic E-state index is 4.08. The second-order valence-electron chi connectivity index (χ2n) is 3.49. The molecule has 1 aromatic heterocycles. The van der Waals surface area contributed by atoms with E-state index in [2.05, 4.69) is 16.5 Å². The number of piperidine rings is 1. The van der Waals surface area contributed by atoms with Crippen LogP contribution in [0, 0.1) is 0 Å². The third-order valence-corrected chi connectivity index (χ3v) is 3.19. The van der Waals surface area contributed by atoms with Crippen molar-refractivity contribution in [2.45, 2.75) is 19.4 Å². The van der Waals surface area contributed by atoms with Crippen LogP contribution in [-0.4, -0.2) is 23.0 Å². The number of rotatable bonds is 2. The fourth-order valence-electron chi connectivity index (χ4n) is 1.57. The van der Waals surface area contributed by atoms with Gasteiger partial charge in [-0.3, -0.25) is 9.88 Å². The van der Waals surface area contributed by atoms with Crippen molar-refractivity contribution < 1.29 is 0 Å². The first-order chi connectivity index (χ1) is 6.34. The van der Waals surface area contributed by atoms with Gasteiger partial charge in [0.2, 0.25) is 0 Å². The highest BCUT2D eigenvalue weighted by Gasteiger charge is 2.12. The smallest absolute Gasteiger partial charge is 0.0794 e. The van der Waals surface area contributed by atoms with E-state index in [9.17, 15) is 0 Å². The fourth-order valence-corrected chi connectivity index (χ4v) is 2.20. The highest BCUT2D eigenvalue weighted by atomic mass is 32.1. The second kappa shape index (κ2) is 4.03. The lowest BCUT2D eigenvalue weighted by Gasteiger charge is -2.26. The molecule has 1 aromatic rings. The zero-order chi connectivity index (χ0) is 9.10. The minimum Gasteiger partial charge on any atom is -0.298 e. The normalized spacial score (nSPS) is 19.2. The molecular weight excluding hydrogens is 180 g/mol. The second-order valence-corrected chi connectivity index (χ2v) is 4.46. The molecule has 2 rings (SSSR count). The molecule has 2 nitrogen and oxygen atoms in total. The van der Waals surface area contributed by atoms with E-state index in [4.69, 9.17) is 0 Å². The molecule has 3 heteroatoms. The van der Waals surface area contributed by atoms with Gasteiger partial charge in [0.05, 0.1) is 5.51 Å². The van der Waals surface area contributed by atoms with E-state index < -0.39 is 0 Å². The molecule has 1 aliphatic heterocycles.